The van der Waals surface area contributed by atoms with E-state index in [1.54, 1.807) is 0 Å². The third-order valence-corrected chi connectivity index (χ3v) is 4.02. The molecule has 0 aromatic carbocycles. The number of aliphatic hydroxyl groups is 1. The molecule has 1 fully saturated rings. The second kappa shape index (κ2) is 6.72. The molecule has 4 N–H and O–H groups in total. The first-order chi connectivity index (χ1) is 8.01. The van der Waals surface area contributed by atoms with Gasteiger partial charge in [-0.25, -0.2) is 0 Å². The third-order valence-electron chi connectivity index (χ3n) is 4.02. The summed E-state index contributed by atoms with van der Waals surface area (Å²) in [4.78, 5) is 0. The highest BCUT2D eigenvalue weighted by molar-refractivity contribution is 4.97. The van der Waals surface area contributed by atoms with Gasteiger partial charge in [-0.15, -0.1) is 0 Å². The number of hydrogen-bond donors (Lipinski definition) is 3. The van der Waals surface area contributed by atoms with E-state index >= 15 is 0 Å². The zero-order valence-corrected chi connectivity index (χ0v) is 11.7. The van der Waals surface area contributed by atoms with Gasteiger partial charge in [-0.05, 0) is 50.9 Å². The molecule has 3 unspecified atom stereocenters. The average molecular weight is 242 g/mol. The molecular formula is C14H30N2O. The summed E-state index contributed by atoms with van der Waals surface area (Å²) < 4.78 is 0. The largest absolute Gasteiger partial charge is 0.396 e. The zero-order chi connectivity index (χ0) is 12.9. The zero-order valence-electron chi connectivity index (χ0n) is 11.7. The van der Waals surface area contributed by atoms with Crippen molar-refractivity contribution in [3.63, 3.8) is 0 Å². The molecule has 0 spiro atoms. The Balaban J connectivity index is 2.55. The molecule has 3 heteroatoms. The molecule has 3 nitrogen and oxygen atoms in total. The number of nitrogens with one attached hydrogen (secondary N) is 1. The maximum absolute atomic E-state index is 8.87. The molecule has 0 heterocycles. The summed E-state index contributed by atoms with van der Waals surface area (Å²) in [5.74, 6) is 1.53. The maximum Gasteiger partial charge on any atom is 0.0431 e. The van der Waals surface area contributed by atoms with Crippen molar-refractivity contribution in [2.45, 2.75) is 64.5 Å². The van der Waals surface area contributed by atoms with Crippen molar-refractivity contribution in [3.8, 4) is 0 Å². The third kappa shape index (κ3) is 4.57. The highest BCUT2D eigenvalue weighted by atomic mass is 16.2. The number of hydrogen-bond acceptors (Lipinski definition) is 3. The molecule has 1 aliphatic rings. The van der Waals surface area contributed by atoms with Gasteiger partial charge in [0.1, 0.15) is 0 Å². The molecule has 3 atom stereocenters. The first kappa shape index (κ1) is 14.9. The van der Waals surface area contributed by atoms with Crippen LogP contribution in [0.1, 0.15) is 52.9 Å². The molecule has 1 saturated carbocycles. The predicted molar refractivity (Wildman–Crippen MR) is 72.9 cm³/mol. The normalized spacial score (nSPS) is 35.8. The Morgan fingerprint density at radius 1 is 1.35 bits per heavy atom. The summed E-state index contributed by atoms with van der Waals surface area (Å²) >= 11 is 0. The smallest absolute Gasteiger partial charge is 0.0431 e. The van der Waals surface area contributed by atoms with Crippen LogP contribution < -0.4 is 11.1 Å². The van der Waals surface area contributed by atoms with Gasteiger partial charge in [0.2, 0.25) is 0 Å². The molecule has 0 saturated heterocycles. The number of nitrogens with two attached hydrogens (primary N) is 1. The van der Waals surface area contributed by atoms with E-state index in [0.29, 0.717) is 6.04 Å². The summed E-state index contributed by atoms with van der Waals surface area (Å²) in [6.07, 6.45) is 5.62. The van der Waals surface area contributed by atoms with Gasteiger partial charge in [-0.1, -0.05) is 13.8 Å². The fourth-order valence-electron chi connectivity index (χ4n) is 3.61. The SMILES string of the molecule is CC1CC(C)CC(CN)(NC(C)CCCO)C1. The first-order valence-corrected chi connectivity index (χ1v) is 7.10. The van der Waals surface area contributed by atoms with Crippen molar-refractivity contribution in [2.75, 3.05) is 13.2 Å². The number of rotatable bonds is 6. The Morgan fingerprint density at radius 3 is 2.41 bits per heavy atom. The van der Waals surface area contributed by atoms with Crippen LogP contribution in [0.25, 0.3) is 0 Å². The minimum absolute atomic E-state index is 0.131. The topological polar surface area (TPSA) is 58.3 Å². The Hall–Kier alpha value is -0.120. The highest BCUT2D eigenvalue weighted by Gasteiger charge is 2.37. The van der Waals surface area contributed by atoms with Gasteiger partial charge in [0.15, 0.2) is 0 Å². The molecule has 1 rings (SSSR count). The minimum atomic E-state index is 0.131. The van der Waals surface area contributed by atoms with Crippen LogP contribution in [0.3, 0.4) is 0 Å². The van der Waals surface area contributed by atoms with Crippen molar-refractivity contribution < 1.29 is 5.11 Å². The van der Waals surface area contributed by atoms with Crippen LogP contribution >= 0.6 is 0 Å². The fourth-order valence-corrected chi connectivity index (χ4v) is 3.61. The van der Waals surface area contributed by atoms with Crippen LogP contribution in [0.2, 0.25) is 0 Å². The lowest BCUT2D eigenvalue weighted by Gasteiger charge is -2.44. The summed E-state index contributed by atoms with van der Waals surface area (Å²) in [5, 5.41) is 12.6. The van der Waals surface area contributed by atoms with Gasteiger partial charge < -0.3 is 16.2 Å². The van der Waals surface area contributed by atoms with E-state index in [0.717, 1.165) is 31.2 Å². The average Bonchev–Trinajstić information content (AvgIpc) is 2.25. The van der Waals surface area contributed by atoms with Gasteiger partial charge in [0, 0.05) is 24.7 Å². The van der Waals surface area contributed by atoms with Gasteiger partial charge >= 0.3 is 0 Å². The predicted octanol–water partition coefficient (Wildman–Crippen LogP) is 1.89. The van der Waals surface area contributed by atoms with Gasteiger partial charge in [0.05, 0.1) is 0 Å². The van der Waals surface area contributed by atoms with Crippen LogP contribution in [0.15, 0.2) is 0 Å². The molecular weight excluding hydrogens is 212 g/mol. The second-order valence-corrected chi connectivity index (χ2v) is 6.25. The molecule has 0 bridgehead atoms. The van der Waals surface area contributed by atoms with Crippen LogP contribution in [-0.4, -0.2) is 29.8 Å². The molecule has 17 heavy (non-hydrogen) atoms. The summed E-state index contributed by atoms with van der Waals surface area (Å²) in [6, 6.07) is 0.447. The molecule has 102 valence electrons. The molecule has 0 aromatic rings. The molecule has 0 aliphatic heterocycles. The van der Waals surface area contributed by atoms with Gasteiger partial charge in [-0.3, -0.25) is 0 Å². The van der Waals surface area contributed by atoms with Crippen LogP contribution in [-0.2, 0) is 0 Å². The summed E-state index contributed by atoms with van der Waals surface area (Å²) in [5.41, 5.74) is 6.16. The molecule has 0 aromatic heterocycles. The van der Waals surface area contributed by atoms with Gasteiger partial charge in [-0.2, -0.15) is 0 Å². The second-order valence-electron chi connectivity index (χ2n) is 6.25. The Kier molecular flexibility index (Phi) is 5.90. The van der Waals surface area contributed by atoms with Crippen molar-refractivity contribution in [3.05, 3.63) is 0 Å². The molecule has 1 aliphatic carbocycles. The quantitative estimate of drug-likeness (QED) is 0.666. The summed E-state index contributed by atoms with van der Waals surface area (Å²) in [7, 11) is 0. The Labute approximate surface area is 106 Å². The van der Waals surface area contributed by atoms with E-state index in [4.69, 9.17) is 10.8 Å². The van der Waals surface area contributed by atoms with E-state index in [2.05, 4.69) is 26.1 Å². The van der Waals surface area contributed by atoms with Crippen LogP contribution in [0.5, 0.6) is 0 Å². The fraction of sp³-hybridized carbons (Fsp3) is 1.00. The molecule has 0 radical (unpaired) electrons. The standard InChI is InChI=1S/C14H30N2O/c1-11-7-12(2)9-14(8-11,10-15)16-13(3)5-4-6-17/h11-13,16-17H,4-10,15H2,1-3H3. The van der Waals surface area contributed by atoms with Crippen molar-refractivity contribution in [2.24, 2.45) is 17.6 Å². The van der Waals surface area contributed by atoms with Crippen LogP contribution in [0.4, 0.5) is 0 Å². The van der Waals surface area contributed by atoms with E-state index in [-0.39, 0.29) is 12.1 Å². The lowest BCUT2D eigenvalue weighted by molar-refractivity contribution is 0.134. The summed E-state index contributed by atoms with van der Waals surface area (Å²) in [6.45, 7) is 7.89. The molecule has 0 amide bonds. The van der Waals surface area contributed by atoms with E-state index in [9.17, 15) is 0 Å². The monoisotopic (exact) mass is 242 g/mol. The van der Waals surface area contributed by atoms with Crippen LogP contribution in [0, 0.1) is 11.8 Å². The van der Waals surface area contributed by atoms with E-state index in [1.165, 1.54) is 19.3 Å². The number of aliphatic hydroxyl groups excluding tert-OH is 1. The lowest BCUT2D eigenvalue weighted by Crippen LogP contribution is -2.58. The van der Waals surface area contributed by atoms with Gasteiger partial charge in [0.25, 0.3) is 0 Å². The van der Waals surface area contributed by atoms with E-state index < -0.39 is 0 Å². The van der Waals surface area contributed by atoms with Crippen molar-refractivity contribution >= 4 is 0 Å². The Morgan fingerprint density at radius 2 is 1.94 bits per heavy atom. The van der Waals surface area contributed by atoms with Crippen molar-refractivity contribution in [1.82, 2.24) is 5.32 Å². The van der Waals surface area contributed by atoms with E-state index in [1.807, 2.05) is 0 Å². The Bertz CT molecular complexity index is 210. The maximum atomic E-state index is 8.87. The minimum Gasteiger partial charge on any atom is -0.396 e. The van der Waals surface area contributed by atoms with Crippen molar-refractivity contribution in [1.29, 1.82) is 0 Å². The highest BCUT2D eigenvalue weighted by Crippen LogP contribution is 2.35. The first-order valence-electron chi connectivity index (χ1n) is 7.10. The lowest BCUT2D eigenvalue weighted by atomic mass is 9.71.